The van der Waals surface area contributed by atoms with Gasteiger partial charge in [0, 0.05) is 41.2 Å². The van der Waals surface area contributed by atoms with E-state index < -0.39 is 0 Å². The number of hydrogen-bond acceptors (Lipinski definition) is 3. The van der Waals surface area contributed by atoms with Crippen LogP contribution in [0.3, 0.4) is 0 Å². The number of ether oxygens (including phenoxy) is 1. The average Bonchev–Trinajstić information content (AvgIpc) is 2.84. The maximum absolute atomic E-state index is 14.7. The van der Waals surface area contributed by atoms with Gasteiger partial charge in [0.25, 0.3) is 0 Å². The molecule has 3 aromatic carbocycles. The molecule has 3 aromatic rings. The normalized spacial score (nSPS) is 18.9. The molecule has 2 N–H and O–H groups in total. The van der Waals surface area contributed by atoms with Crippen molar-refractivity contribution in [2.45, 2.75) is 44.2 Å². The van der Waals surface area contributed by atoms with E-state index in [0.29, 0.717) is 41.8 Å². The van der Waals surface area contributed by atoms with E-state index in [1.54, 1.807) is 12.1 Å². The zero-order chi connectivity index (χ0) is 23.9. The van der Waals surface area contributed by atoms with Gasteiger partial charge < -0.3 is 15.4 Å². The van der Waals surface area contributed by atoms with Crippen LogP contribution >= 0.6 is 11.6 Å². The molecule has 0 saturated carbocycles. The second kappa shape index (κ2) is 11.6. The molecule has 0 aromatic heterocycles. The Morgan fingerprint density at radius 1 is 1.09 bits per heavy atom. The fourth-order valence-electron chi connectivity index (χ4n) is 4.35. The summed E-state index contributed by atoms with van der Waals surface area (Å²) in [5.41, 5.74) is 3.07. The molecule has 4 nitrogen and oxygen atoms in total. The number of rotatable bonds is 8. The second-order valence-electron chi connectivity index (χ2n) is 8.84. The second-order valence-corrected chi connectivity index (χ2v) is 9.27. The number of anilines is 1. The zero-order valence-corrected chi connectivity index (χ0v) is 20.0. The Bertz CT molecular complexity index is 1080. The van der Waals surface area contributed by atoms with E-state index in [4.69, 9.17) is 16.3 Å². The Labute approximate surface area is 205 Å². The number of morpholine rings is 1. The topological polar surface area (TPSA) is 50.4 Å². The van der Waals surface area contributed by atoms with Crippen LogP contribution in [-0.2, 0) is 16.0 Å². The largest absolute Gasteiger partial charge is 0.375 e. The summed E-state index contributed by atoms with van der Waals surface area (Å²) in [6.45, 7) is 3.47. The van der Waals surface area contributed by atoms with E-state index in [0.717, 1.165) is 17.7 Å². The van der Waals surface area contributed by atoms with Gasteiger partial charge >= 0.3 is 0 Å². The van der Waals surface area contributed by atoms with Crippen molar-refractivity contribution in [3.63, 3.8) is 0 Å². The third-order valence-corrected chi connectivity index (χ3v) is 6.50. The predicted octanol–water partition coefficient (Wildman–Crippen LogP) is 5.95. The van der Waals surface area contributed by atoms with E-state index in [-0.39, 0.29) is 30.2 Å². The molecule has 6 heteroatoms. The molecule has 1 aliphatic heterocycles. The Morgan fingerprint density at radius 2 is 1.82 bits per heavy atom. The average molecular weight is 481 g/mol. The summed E-state index contributed by atoms with van der Waals surface area (Å²) in [5.74, 6) is -0.619. The summed E-state index contributed by atoms with van der Waals surface area (Å²) in [5, 5.41) is 7.00. The molecular formula is C28H30ClFN2O2. The number of carbonyl (C=O) groups is 1. The first-order valence-corrected chi connectivity index (χ1v) is 12.1. The van der Waals surface area contributed by atoms with Crippen LogP contribution in [0.5, 0.6) is 0 Å². The molecule has 34 heavy (non-hydrogen) atoms. The summed E-state index contributed by atoms with van der Waals surface area (Å²) in [4.78, 5) is 13.1. The molecule has 1 aliphatic rings. The summed E-state index contributed by atoms with van der Waals surface area (Å²) >= 11 is 6.07. The Hall–Kier alpha value is -2.73. The van der Waals surface area contributed by atoms with Gasteiger partial charge in [0.2, 0.25) is 5.91 Å². The van der Waals surface area contributed by atoms with Gasteiger partial charge in [-0.25, -0.2) is 4.39 Å². The van der Waals surface area contributed by atoms with E-state index in [1.807, 2.05) is 54.6 Å². The molecule has 1 fully saturated rings. The molecular weight excluding hydrogens is 451 g/mol. The molecule has 0 aliphatic carbocycles. The van der Waals surface area contributed by atoms with Crippen LogP contribution in [0.2, 0.25) is 5.02 Å². The van der Waals surface area contributed by atoms with Crippen molar-refractivity contribution in [1.82, 2.24) is 5.32 Å². The predicted molar refractivity (Wildman–Crippen MR) is 135 cm³/mol. The lowest BCUT2D eigenvalue weighted by Gasteiger charge is -2.28. The summed E-state index contributed by atoms with van der Waals surface area (Å²) in [7, 11) is 0. The number of nitrogens with one attached hydrogen (secondary N) is 2. The van der Waals surface area contributed by atoms with Crippen LogP contribution < -0.4 is 10.6 Å². The van der Waals surface area contributed by atoms with Gasteiger partial charge in [-0.15, -0.1) is 0 Å². The minimum atomic E-state index is -0.313. The fourth-order valence-corrected chi connectivity index (χ4v) is 4.47. The van der Waals surface area contributed by atoms with Gasteiger partial charge in [-0.05, 0) is 55.2 Å². The van der Waals surface area contributed by atoms with E-state index in [2.05, 4.69) is 17.6 Å². The highest BCUT2D eigenvalue weighted by Crippen LogP contribution is 2.30. The van der Waals surface area contributed by atoms with Gasteiger partial charge in [0.15, 0.2) is 0 Å². The number of hydrogen-bond donors (Lipinski definition) is 2. The van der Waals surface area contributed by atoms with E-state index in [9.17, 15) is 9.18 Å². The third kappa shape index (κ3) is 6.44. The third-order valence-electron chi connectivity index (χ3n) is 6.25. The summed E-state index contributed by atoms with van der Waals surface area (Å²) in [6.07, 6.45) is 1.44. The highest BCUT2D eigenvalue weighted by atomic mass is 35.5. The maximum Gasteiger partial charge on any atom is 0.225 e. The highest BCUT2D eigenvalue weighted by Gasteiger charge is 2.22. The van der Waals surface area contributed by atoms with Gasteiger partial charge in [-0.1, -0.05) is 60.1 Å². The lowest BCUT2D eigenvalue weighted by atomic mass is 9.88. The molecule has 0 radical (unpaired) electrons. The van der Waals surface area contributed by atoms with E-state index >= 15 is 0 Å². The number of benzene rings is 3. The molecule has 1 amide bonds. The van der Waals surface area contributed by atoms with Crippen molar-refractivity contribution in [2.24, 2.45) is 0 Å². The molecule has 1 heterocycles. The smallest absolute Gasteiger partial charge is 0.225 e. The van der Waals surface area contributed by atoms with Gasteiger partial charge in [0.1, 0.15) is 5.82 Å². The lowest BCUT2D eigenvalue weighted by Crippen LogP contribution is -2.44. The number of halogens is 2. The van der Waals surface area contributed by atoms with Crippen LogP contribution in [0.25, 0.3) is 0 Å². The fraction of sp³-hybridized carbons (Fsp3) is 0.321. The van der Waals surface area contributed by atoms with Gasteiger partial charge in [-0.2, -0.15) is 0 Å². The molecule has 4 rings (SSSR count). The standard InChI is InChI=1S/C28H30ClFN2O2/c1-19-18-34-23(17-31-19)14-15-24-26(30)8-5-9-27(24)32-28(33)16-25(20-6-3-2-4-7-20)21-10-12-22(29)13-11-21/h2-13,19,23,25,31H,14-18H2,1H3,(H,32,33)/t19-,23+,25?/m0/s1. The highest BCUT2D eigenvalue weighted by molar-refractivity contribution is 6.30. The van der Waals surface area contributed by atoms with Gasteiger partial charge in [-0.3, -0.25) is 4.79 Å². The van der Waals surface area contributed by atoms with Crippen molar-refractivity contribution in [3.05, 3.63) is 100 Å². The van der Waals surface area contributed by atoms with Crippen LogP contribution in [0, 0.1) is 5.82 Å². The molecule has 0 bridgehead atoms. The van der Waals surface area contributed by atoms with Crippen molar-refractivity contribution in [2.75, 3.05) is 18.5 Å². The maximum atomic E-state index is 14.7. The van der Waals surface area contributed by atoms with Gasteiger partial charge in [0.05, 0.1) is 12.7 Å². The minimum absolute atomic E-state index is 0.0340. The van der Waals surface area contributed by atoms with Crippen LogP contribution in [0.4, 0.5) is 10.1 Å². The lowest BCUT2D eigenvalue weighted by molar-refractivity contribution is -0.116. The van der Waals surface area contributed by atoms with Crippen LogP contribution in [-0.4, -0.2) is 31.2 Å². The summed E-state index contributed by atoms with van der Waals surface area (Å²) in [6, 6.07) is 22.6. The Kier molecular flexibility index (Phi) is 8.33. The number of amides is 1. The monoisotopic (exact) mass is 480 g/mol. The molecule has 0 spiro atoms. The quantitative estimate of drug-likeness (QED) is 0.419. The SMILES string of the molecule is C[C@H]1CO[C@H](CCc2c(F)cccc2NC(=O)CC(c2ccccc2)c2ccc(Cl)cc2)CN1. The van der Waals surface area contributed by atoms with Crippen molar-refractivity contribution in [3.8, 4) is 0 Å². The van der Waals surface area contributed by atoms with Crippen molar-refractivity contribution in [1.29, 1.82) is 0 Å². The first-order chi connectivity index (χ1) is 16.5. The first-order valence-electron chi connectivity index (χ1n) is 11.7. The summed E-state index contributed by atoms with van der Waals surface area (Å²) < 4.78 is 20.6. The molecule has 3 atom stereocenters. The first kappa shape index (κ1) is 24.4. The van der Waals surface area contributed by atoms with Crippen LogP contribution in [0.1, 0.15) is 42.4 Å². The minimum Gasteiger partial charge on any atom is -0.375 e. The Morgan fingerprint density at radius 3 is 2.53 bits per heavy atom. The Balaban J connectivity index is 1.47. The molecule has 178 valence electrons. The molecule has 1 unspecified atom stereocenters. The van der Waals surface area contributed by atoms with Crippen molar-refractivity contribution >= 4 is 23.2 Å². The zero-order valence-electron chi connectivity index (χ0n) is 19.3. The number of carbonyl (C=O) groups excluding carboxylic acids is 1. The van der Waals surface area contributed by atoms with Crippen LogP contribution in [0.15, 0.2) is 72.8 Å². The molecule has 1 saturated heterocycles. The van der Waals surface area contributed by atoms with Crippen molar-refractivity contribution < 1.29 is 13.9 Å². The van der Waals surface area contributed by atoms with E-state index in [1.165, 1.54) is 6.07 Å².